The van der Waals surface area contributed by atoms with Crippen molar-refractivity contribution < 1.29 is 0 Å². The minimum absolute atomic E-state index is 1.04. The van der Waals surface area contributed by atoms with Crippen LogP contribution >= 0.6 is 0 Å². The molecule has 0 radical (unpaired) electrons. The minimum atomic E-state index is 1.04. The average molecular weight is 159 g/mol. The van der Waals surface area contributed by atoms with Crippen LogP contribution in [0, 0.1) is 0 Å². The first-order valence-electron chi connectivity index (χ1n) is 3.93. The average Bonchev–Trinajstić information content (AvgIpc) is 1.95. The second-order valence-electron chi connectivity index (χ2n) is 2.96. The minimum Gasteiger partial charge on any atom is -0.371 e. The van der Waals surface area contributed by atoms with Crippen molar-refractivity contribution in [3.63, 3.8) is 0 Å². The van der Waals surface area contributed by atoms with Gasteiger partial charge in [-0.05, 0) is 24.6 Å². The molecule has 0 fully saturated rings. The number of rotatable bonds is 1. The lowest BCUT2D eigenvalue weighted by molar-refractivity contribution is 0.531. The first-order chi connectivity index (χ1) is 5.70. The van der Waals surface area contributed by atoms with Crippen molar-refractivity contribution in [2.45, 2.75) is 6.92 Å². The molecule has 0 saturated heterocycles. The van der Waals surface area contributed by atoms with E-state index in [-0.39, 0.29) is 0 Å². The molecule has 0 aromatic carbocycles. The molecule has 0 atom stereocenters. The molecule has 0 saturated carbocycles. The van der Waals surface area contributed by atoms with Crippen molar-refractivity contribution in [3.8, 4) is 0 Å². The Hall–Kier alpha value is -1.42. The Morgan fingerprint density at radius 3 is 2.67 bits per heavy atom. The fourth-order valence-electron chi connectivity index (χ4n) is 0.859. The van der Waals surface area contributed by atoms with E-state index in [9.17, 15) is 0 Å². The Balaban J connectivity index is 3.08. The van der Waals surface area contributed by atoms with Crippen molar-refractivity contribution in [3.05, 3.63) is 47.0 Å². The Bertz CT molecular complexity index is 317. The van der Waals surface area contributed by atoms with E-state index in [1.807, 2.05) is 50.2 Å². The molecule has 1 nitrogen and oxygen atoms in total. The topological polar surface area (TPSA) is 3.24 Å². The number of nitrogens with zero attached hydrogens (tertiary/aromatic N) is 1. The molecule has 1 heteroatoms. The van der Waals surface area contributed by atoms with E-state index in [1.54, 1.807) is 0 Å². The van der Waals surface area contributed by atoms with Gasteiger partial charge in [-0.25, -0.2) is 0 Å². The summed E-state index contributed by atoms with van der Waals surface area (Å²) in [6.45, 7) is 2.04. The molecule has 1 aliphatic rings. The zero-order valence-corrected chi connectivity index (χ0v) is 7.76. The summed E-state index contributed by atoms with van der Waals surface area (Å²) in [5.74, 6) is 0. The summed E-state index contributed by atoms with van der Waals surface area (Å²) in [5, 5.41) is 0. The third-order valence-corrected chi connectivity index (χ3v) is 1.59. The predicted octanol–water partition coefficient (Wildman–Crippen LogP) is 2.26. The van der Waals surface area contributed by atoms with Crippen molar-refractivity contribution in [2.24, 2.45) is 0 Å². The number of likely N-dealkylation sites (N-methyl/N-ethyl adjacent to an activating group) is 1. The molecule has 0 bridgehead atoms. The van der Waals surface area contributed by atoms with Crippen molar-refractivity contribution in [2.75, 3.05) is 14.1 Å². The maximum Gasteiger partial charge on any atom is 0.0872 e. The van der Waals surface area contributed by atoms with E-state index in [0.717, 1.165) is 5.70 Å². The molecule has 0 aromatic rings. The van der Waals surface area contributed by atoms with Gasteiger partial charge in [-0.2, -0.15) is 0 Å². The smallest absolute Gasteiger partial charge is 0.0872 e. The van der Waals surface area contributed by atoms with Gasteiger partial charge in [-0.15, -0.1) is 5.73 Å². The van der Waals surface area contributed by atoms with Crippen LogP contribution in [-0.2, 0) is 0 Å². The zero-order valence-electron chi connectivity index (χ0n) is 7.76. The molecule has 1 aliphatic carbocycles. The molecule has 0 N–H and O–H groups in total. The van der Waals surface area contributed by atoms with E-state index in [4.69, 9.17) is 0 Å². The summed E-state index contributed by atoms with van der Waals surface area (Å²) >= 11 is 0. The van der Waals surface area contributed by atoms with Crippen LogP contribution in [0.2, 0.25) is 0 Å². The van der Waals surface area contributed by atoms with Gasteiger partial charge in [0, 0.05) is 20.2 Å². The van der Waals surface area contributed by atoms with E-state index < -0.39 is 0 Å². The Morgan fingerprint density at radius 1 is 1.25 bits per heavy atom. The first kappa shape index (κ1) is 8.67. The molecule has 12 heavy (non-hydrogen) atoms. The maximum absolute atomic E-state index is 3.15. The highest BCUT2D eigenvalue weighted by molar-refractivity contribution is 5.28. The lowest BCUT2D eigenvalue weighted by atomic mass is 10.2. The quantitative estimate of drug-likeness (QED) is 0.530. The summed E-state index contributed by atoms with van der Waals surface area (Å²) < 4.78 is 0. The van der Waals surface area contributed by atoms with Crippen LogP contribution in [0.4, 0.5) is 0 Å². The Kier molecular flexibility index (Phi) is 2.76. The standard InChI is InChI=1S/C11H13N/c1-10-6-4-8-11(12(2)3)9-5-7-10/h4,6-7,9H,1-3H3/b10-6-. The molecule has 0 heterocycles. The summed E-state index contributed by atoms with van der Waals surface area (Å²) in [6, 6.07) is 0. The number of hydrogen-bond acceptors (Lipinski definition) is 1. The van der Waals surface area contributed by atoms with Gasteiger partial charge in [0.2, 0.25) is 0 Å². The molecule has 1 rings (SSSR count). The van der Waals surface area contributed by atoms with Gasteiger partial charge in [-0.1, -0.05) is 11.8 Å². The second kappa shape index (κ2) is 3.82. The zero-order chi connectivity index (χ0) is 8.97. The van der Waals surface area contributed by atoms with E-state index in [0.29, 0.717) is 0 Å². The van der Waals surface area contributed by atoms with E-state index in [1.165, 1.54) is 5.57 Å². The van der Waals surface area contributed by atoms with Gasteiger partial charge >= 0.3 is 0 Å². The Labute approximate surface area is 73.7 Å². The Morgan fingerprint density at radius 2 is 2.00 bits per heavy atom. The highest BCUT2D eigenvalue weighted by Crippen LogP contribution is 2.02. The van der Waals surface area contributed by atoms with Crippen molar-refractivity contribution in [1.82, 2.24) is 4.90 Å². The molecule has 62 valence electrons. The van der Waals surface area contributed by atoms with Gasteiger partial charge in [0.1, 0.15) is 0 Å². The van der Waals surface area contributed by atoms with E-state index in [2.05, 4.69) is 11.5 Å². The van der Waals surface area contributed by atoms with Gasteiger partial charge < -0.3 is 4.90 Å². The molecule has 0 unspecified atom stereocenters. The van der Waals surface area contributed by atoms with Crippen LogP contribution in [0.5, 0.6) is 0 Å². The van der Waals surface area contributed by atoms with Gasteiger partial charge in [0.15, 0.2) is 0 Å². The lowest BCUT2D eigenvalue weighted by Gasteiger charge is -2.09. The lowest BCUT2D eigenvalue weighted by Crippen LogP contribution is -2.07. The first-order valence-corrected chi connectivity index (χ1v) is 3.93. The number of hydrogen-bond donors (Lipinski definition) is 0. The van der Waals surface area contributed by atoms with Gasteiger partial charge in [0.25, 0.3) is 0 Å². The summed E-state index contributed by atoms with van der Waals surface area (Å²) in [7, 11) is 3.99. The van der Waals surface area contributed by atoms with Crippen molar-refractivity contribution >= 4 is 0 Å². The molecule has 0 amide bonds. The molecular formula is C11H13N. The van der Waals surface area contributed by atoms with Gasteiger partial charge in [0.05, 0.1) is 5.70 Å². The van der Waals surface area contributed by atoms with Crippen molar-refractivity contribution in [1.29, 1.82) is 0 Å². The molecular weight excluding hydrogens is 146 g/mol. The van der Waals surface area contributed by atoms with Crippen LogP contribution in [0.3, 0.4) is 0 Å². The van der Waals surface area contributed by atoms with Crippen LogP contribution < -0.4 is 0 Å². The largest absolute Gasteiger partial charge is 0.371 e. The normalized spacial score (nSPS) is 19.2. The van der Waals surface area contributed by atoms with Crippen LogP contribution in [0.1, 0.15) is 6.92 Å². The highest BCUT2D eigenvalue weighted by atomic mass is 15.1. The van der Waals surface area contributed by atoms with Crippen LogP contribution in [0.15, 0.2) is 47.0 Å². The third kappa shape index (κ3) is 2.32. The SMILES string of the molecule is C/C1=C/C=C=C(N(C)C)C=C=C1. The molecule has 0 aromatic heterocycles. The summed E-state index contributed by atoms with van der Waals surface area (Å²) in [6.07, 6.45) is 7.83. The monoisotopic (exact) mass is 159 g/mol. The maximum atomic E-state index is 3.15. The highest BCUT2D eigenvalue weighted by Gasteiger charge is 1.91. The fourth-order valence-corrected chi connectivity index (χ4v) is 0.859. The predicted molar refractivity (Wildman–Crippen MR) is 51.7 cm³/mol. The molecule has 0 aliphatic heterocycles. The summed E-state index contributed by atoms with van der Waals surface area (Å²) in [5.41, 5.74) is 8.47. The number of allylic oxidation sites excluding steroid dienone is 3. The van der Waals surface area contributed by atoms with E-state index >= 15 is 0 Å². The third-order valence-electron chi connectivity index (χ3n) is 1.59. The fraction of sp³-hybridized carbons (Fsp3) is 0.273. The van der Waals surface area contributed by atoms with Gasteiger partial charge in [-0.3, -0.25) is 0 Å². The van der Waals surface area contributed by atoms with Crippen LogP contribution in [-0.4, -0.2) is 19.0 Å². The molecule has 0 spiro atoms. The summed E-state index contributed by atoms with van der Waals surface area (Å²) in [4.78, 5) is 2.01. The van der Waals surface area contributed by atoms with Crippen LogP contribution in [0.25, 0.3) is 0 Å². The second-order valence-corrected chi connectivity index (χ2v) is 2.96.